The SMILES string of the molecule is NCCCC(=O)CCCCC(=O)CCCCC(=O)CCCN. The summed E-state index contributed by atoms with van der Waals surface area (Å²) in [7, 11) is 0. The maximum atomic E-state index is 11.7. The van der Waals surface area contributed by atoms with Crippen molar-refractivity contribution in [3.05, 3.63) is 0 Å². The molecule has 5 heteroatoms. The Hall–Kier alpha value is -1.07. The van der Waals surface area contributed by atoms with Gasteiger partial charge < -0.3 is 11.5 Å². The molecule has 0 aliphatic rings. The zero-order valence-corrected chi connectivity index (χ0v) is 13.8. The molecule has 0 saturated carbocycles. The van der Waals surface area contributed by atoms with E-state index >= 15 is 0 Å². The fourth-order valence-electron chi connectivity index (χ4n) is 2.26. The summed E-state index contributed by atoms with van der Waals surface area (Å²) in [6, 6.07) is 0. The molecule has 22 heavy (non-hydrogen) atoms. The average Bonchev–Trinajstić information content (AvgIpc) is 2.51. The zero-order valence-electron chi connectivity index (χ0n) is 13.8. The summed E-state index contributed by atoms with van der Waals surface area (Å²) in [5.41, 5.74) is 10.7. The Morgan fingerprint density at radius 2 is 0.682 bits per heavy atom. The number of hydrogen-bond acceptors (Lipinski definition) is 5. The number of unbranched alkanes of at least 4 members (excludes halogenated alkanes) is 2. The lowest BCUT2D eigenvalue weighted by Gasteiger charge is -2.02. The molecule has 5 nitrogen and oxygen atoms in total. The average molecular weight is 312 g/mol. The normalized spacial score (nSPS) is 10.6. The molecule has 0 atom stereocenters. The number of carbonyl (C=O) groups is 3. The van der Waals surface area contributed by atoms with Gasteiger partial charge in [0.05, 0.1) is 0 Å². The van der Waals surface area contributed by atoms with Crippen LogP contribution in [-0.2, 0) is 14.4 Å². The van der Waals surface area contributed by atoms with E-state index in [2.05, 4.69) is 0 Å². The van der Waals surface area contributed by atoms with E-state index in [1.807, 2.05) is 0 Å². The van der Waals surface area contributed by atoms with E-state index in [-0.39, 0.29) is 17.3 Å². The summed E-state index contributed by atoms with van der Waals surface area (Å²) in [5, 5.41) is 0. The molecule has 0 rings (SSSR count). The predicted octanol–water partition coefficient (Wildman–Crippen LogP) is 2.29. The Bertz CT molecular complexity index is 300. The van der Waals surface area contributed by atoms with Crippen molar-refractivity contribution in [1.82, 2.24) is 0 Å². The van der Waals surface area contributed by atoms with E-state index < -0.39 is 0 Å². The molecule has 0 saturated heterocycles. The molecule has 0 radical (unpaired) electrons. The molecule has 0 fully saturated rings. The number of hydrogen-bond donors (Lipinski definition) is 2. The van der Waals surface area contributed by atoms with Crippen LogP contribution in [-0.4, -0.2) is 30.4 Å². The van der Waals surface area contributed by atoms with Crippen molar-refractivity contribution in [3.63, 3.8) is 0 Å². The number of ketones is 3. The zero-order chi connectivity index (χ0) is 16.6. The predicted molar refractivity (Wildman–Crippen MR) is 88.5 cm³/mol. The molecule has 0 amide bonds. The molecule has 0 unspecified atom stereocenters. The number of rotatable bonds is 16. The van der Waals surface area contributed by atoms with Crippen molar-refractivity contribution >= 4 is 17.3 Å². The fourth-order valence-corrected chi connectivity index (χ4v) is 2.26. The van der Waals surface area contributed by atoms with Gasteiger partial charge in [-0.05, 0) is 51.6 Å². The first kappa shape index (κ1) is 20.9. The van der Waals surface area contributed by atoms with Crippen molar-refractivity contribution in [3.8, 4) is 0 Å². The summed E-state index contributed by atoms with van der Waals surface area (Å²) in [5.74, 6) is 0.728. The molecule has 0 heterocycles. The number of Topliss-reactive ketones (excluding diaryl/α,β-unsaturated/α-hetero) is 3. The van der Waals surface area contributed by atoms with Crippen molar-refractivity contribution in [2.75, 3.05) is 13.1 Å². The van der Waals surface area contributed by atoms with E-state index in [0.717, 1.165) is 38.5 Å². The van der Waals surface area contributed by atoms with Crippen molar-refractivity contribution in [1.29, 1.82) is 0 Å². The van der Waals surface area contributed by atoms with Gasteiger partial charge in [0.25, 0.3) is 0 Å². The van der Waals surface area contributed by atoms with Crippen LogP contribution in [0.5, 0.6) is 0 Å². The van der Waals surface area contributed by atoms with Crippen LogP contribution in [0.2, 0.25) is 0 Å². The second-order valence-electron chi connectivity index (χ2n) is 5.81. The van der Waals surface area contributed by atoms with Crippen LogP contribution in [0.15, 0.2) is 0 Å². The van der Waals surface area contributed by atoms with E-state index in [9.17, 15) is 14.4 Å². The van der Waals surface area contributed by atoms with Crippen LogP contribution >= 0.6 is 0 Å². The van der Waals surface area contributed by atoms with E-state index in [1.54, 1.807) is 0 Å². The summed E-state index contributed by atoms with van der Waals surface area (Å²) in [6.07, 6.45) is 7.96. The molecule has 0 aromatic heterocycles. The third-order valence-corrected chi connectivity index (χ3v) is 3.64. The Labute approximate surface area is 134 Å². The first-order valence-electron chi connectivity index (χ1n) is 8.55. The molecule has 0 aliphatic heterocycles. The molecule has 128 valence electrons. The Balaban J connectivity index is 3.43. The molecule has 0 bridgehead atoms. The topological polar surface area (TPSA) is 103 Å². The van der Waals surface area contributed by atoms with Gasteiger partial charge in [-0.3, -0.25) is 14.4 Å². The second kappa shape index (κ2) is 14.9. The standard InChI is InChI=1S/C17H32N2O3/c18-13-5-11-16(21)9-3-1-7-15(20)8-2-4-10-17(22)12-6-14-19/h1-14,18-19H2. The van der Waals surface area contributed by atoms with Gasteiger partial charge in [-0.1, -0.05) is 0 Å². The highest BCUT2D eigenvalue weighted by molar-refractivity contribution is 5.80. The lowest BCUT2D eigenvalue weighted by Crippen LogP contribution is -2.05. The lowest BCUT2D eigenvalue weighted by molar-refractivity contribution is -0.121. The molecule has 0 aliphatic carbocycles. The van der Waals surface area contributed by atoms with Gasteiger partial charge in [0, 0.05) is 38.5 Å². The van der Waals surface area contributed by atoms with Crippen LogP contribution in [0, 0.1) is 0 Å². The van der Waals surface area contributed by atoms with Crippen molar-refractivity contribution in [2.45, 2.75) is 77.0 Å². The Morgan fingerprint density at radius 3 is 0.909 bits per heavy atom. The quantitative estimate of drug-likeness (QED) is 0.426. The van der Waals surface area contributed by atoms with Crippen LogP contribution < -0.4 is 11.5 Å². The first-order valence-corrected chi connectivity index (χ1v) is 8.55. The van der Waals surface area contributed by atoms with Gasteiger partial charge in [-0.2, -0.15) is 0 Å². The highest BCUT2D eigenvalue weighted by Gasteiger charge is 2.06. The molecular formula is C17H32N2O3. The van der Waals surface area contributed by atoms with Crippen molar-refractivity contribution < 1.29 is 14.4 Å². The molecule has 4 N–H and O–H groups in total. The summed E-state index contributed by atoms with van der Waals surface area (Å²) >= 11 is 0. The third-order valence-electron chi connectivity index (χ3n) is 3.64. The van der Waals surface area contributed by atoms with E-state index in [4.69, 9.17) is 11.5 Å². The Kier molecular flexibility index (Phi) is 14.1. The van der Waals surface area contributed by atoms with Gasteiger partial charge in [0.1, 0.15) is 17.3 Å². The smallest absolute Gasteiger partial charge is 0.132 e. The minimum Gasteiger partial charge on any atom is -0.330 e. The van der Waals surface area contributed by atoms with E-state index in [1.165, 1.54) is 0 Å². The van der Waals surface area contributed by atoms with Crippen molar-refractivity contribution in [2.24, 2.45) is 11.5 Å². The van der Waals surface area contributed by atoms with Crippen LogP contribution in [0.25, 0.3) is 0 Å². The van der Waals surface area contributed by atoms with Crippen LogP contribution in [0.4, 0.5) is 0 Å². The summed E-state index contributed by atoms with van der Waals surface area (Å²) in [6.45, 7) is 1.11. The largest absolute Gasteiger partial charge is 0.330 e. The highest BCUT2D eigenvalue weighted by atomic mass is 16.1. The summed E-state index contributed by atoms with van der Waals surface area (Å²) < 4.78 is 0. The molecule has 0 spiro atoms. The van der Waals surface area contributed by atoms with Gasteiger partial charge in [-0.25, -0.2) is 0 Å². The highest BCUT2D eigenvalue weighted by Crippen LogP contribution is 2.09. The second-order valence-corrected chi connectivity index (χ2v) is 5.81. The van der Waals surface area contributed by atoms with Gasteiger partial charge in [-0.15, -0.1) is 0 Å². The molecule has 0 aromatic rings. The number of nitrogens with two attached hydrogens (primary N) is 2. The molecular weight excluding hydrogens is 280 g/mol. The fraction of sp³-hybridized carbons (Fsp3) is 0.824. The monoisotopic (exact) mass is 312 g/mol. The van der Waals surface area contributed by atoms with E-state index in [0.29, 0.717) is 51.6 Å². The maximum Gasteiger partial charge on any atom is 0.132 e. The first-order chi connectivity index (χ1) is 10.6. The Morgan fingerprint density at radius 1 is 0.455 bits per heavy atom. The third kappa shape index (κ3) is 13.9. The number of carbonyl (C=O) groups excluding carboxylic acids is 3. The summed E-state index contributed by atoms with van der Waals surface area (Å²) in [4.78, 5) is 34.5. The van der Waals surface area contributed by atoms with Gasteiger partial charge in [0.15, 0.2) is 0 Å². The van der Waals surface area contributed by atoms with Gasteiger partial charge in [0.2, 0.25) is 0 Å². The van der Waals surface area contributed by atoms with Gasteiger partial charge >= 0.3 is 0 Å². The maximum absolute atomic E-state index is 11.7. The lowest BCUT2D eigenvalue weighted by atomic mass is 10.0. The van der Waals surface area contributed by atoms with Crippen LogP contribution in [0.3, 0.4) is 0 Å². The minimum atomic E-state index is 0.240. The minimum absolute atomic E-state index is 0.240. The van der Waals surface area contributed by atoms with Crippen LogP contribution in [0.1, 0.15) is 77.0 Å². The molecule has 0 aromatic carbocycles.